The highest BCUT2D eigenvalue weighted by atomic mass is 32.2. The first-order valence-corrected chi connectivity index (χ1v) is 7.04. The first kappa shape index (κ1) is 17.6. The quantitative estimate of drug-likeness (QED) is 0.590. The van der Waals surface area contributed by atoms with Crippen molar-refractivity contribution < 1.29 is 19.2 Å². The molecule has 0 saturated carbocycles. The van der Waals surface area contributed by atoms with E-state index in [1.807, 2.05) is 0 Å². The molecule has 19 heavy (non-hydrogen) atoms. The molecule has 7 heteroatoms. The van der Waals surface area contributed by atoms with Crippen molar-refractivity contribution in [2.45, 2.75) is 38.4 Å². The van der Waals surface area contributed by atoms with E-state index in [1.165, 1.54) is 25.6 Å². The van der Waals surface area contributed by atoms with Gasteiger partial charge in [0.1, 0.15) is 11.6 Å². The van der Waals surface area contributed by atoms with Gasteiger partial charge < -0.3 is 11.1 Å². The van der Waals surface area contributed by atoms with Crippen LogP contribution < -0.4 is 11.1 Å². The van der Waals surface area contributed by atoms with Gasteiger partial charge in [0.25, 0.3) is 0 Å². The molecule has 0 aliphatic rings. The molecule has 2 amide bonds. The van der Waals surface area contributed by atoms with Crippen LogP contribution in [0.15, 0.2) is 0 Å². The molecule has 108 valence electrons. The molecule has 0 radical (unpaired) electrons. The number of nitrogens with two attached hydrogens (primary N) is 1. The second-order valence-corrected chi connectivity index (χ2v) is 5.53. The monoisotopic (exact) mass is 288 g/mol. The Morgan fingerprint density at radius 3 is 2.16 bits per heavy atom. The van der Waals surface area contributed by atoms with E-state index in [4.69, 9.17) is 5.73 Å². The lowest BCUT2D eigenvalue weighted by atomic mass is 10.2. The van der Waals surface area contributed by atoms with Gasteiger partial charge in [-0.3, -0.25) is 19.2 Å². The Morgan fingerprint density at radius 1 is 1.11 bits per heavy atom. The van der Waals surface area contributed by atoms with Crippen LogP contribution in [0.4, 0.5) is 0 Å². The van der Waals surface area contributed by atoms with Gasteiger partial charge in [-0.2, -0.15) is 0 Å². The summed E-state index contributed by atoms with van der Waals surface area (Å²) in [7, 11) is 0. The van der Waals surface area contributed by atoms with Gasteiger partial charge in [0, 0.05) is 31.6 Å². The van der Waals surface area contributed by atoms with E-state index in [0.29, 0.717) is 12.2 Å². The minimum Gasteiger partial charge on any atom is -0.369 e. The molecule has 0 fully saturated rings. The maximum atomic E-state index is 11.5. The highest BCUT2D eigenvalue weighted by Gasteiger charge is 2.19. The first-order valence-electron chi connectivity index (χ1n) is 5.99. The largest absolute Gasteiger partial charge is 0.369 e. The van der Waals surface area contributed by atoms with Crippen LogP contribution in [0.2, 0.25) is 0 Å². The van der Waals surface area contributed by atoms with Gasteiger partial charge in [0.05, 0.1) is 5.25 Å². The van der Waals surface area contributed by atoms with E-state index < -0.39 is 11.2 Å². The van der Waals surface area contributed by atoms with Crippen LogP contribution in [0.1, 0.15) is 33.1 Å². The number of primary amides is 1. The Kier molecular flexibility index (Phi) is 8.86. The van der Waals surface area contributed by atoms with Crippen molar-refractivity contribution >= 4 is 35.1 Å². The number of hydrogen-bond donors (Lipinski definition) is 2. The van der Waals surface area contributed by atoms with E-state index in [-0.39, 0.29) is 36.9 Å². The zero-order valence-electron chi connectivity index (χ0n) is 11.2. The highest BCUT2D eigenvalue weighted by molar-refractivity contribution is 8.00. The molecule has 6 nitrogen and oxygen atoms in total. The van der Waals surface area contributed by atoms with Crippen molar-refractivity contribution in [3.8, 4) is 0 Å². The number of hydrogen-bond acceptors (Lipinski definition) is 5. The number of carbonyl (C=O) groups is 4. The average molecular weight is 288 g/mol. The van der Waals surface area contributed by atoms with Crippen LogP contribution >= 0.6 is 11.8 Å². The summed E-state index contributed by atoms with van der Waals surface area (Å²) in [5.41, 5.74) is 5.20. The molecule has 0 aromatic carbocycles. The Balaban J connectivity index is 4.04. The molecule has 0 spiro atoms. The predicted octanol–water partition coefficient (Wildman–Crippen LogP) is 0.0380. The van der Waals surface area contributed by atoms with Crippen molar-refractivity contribution in [2.75, 3.05) is 12.3 Å². The molecule has 0 saturated heterocycles. The summed E-state index contributed by atoms with van der Waals surface area (Å²) in [6, 6.07) is 0. The topological polar surface area (TPSA) is 106 Å². The van der Waals surface area contributed by atoms with E-state index >= 15 is 0 Å². The normalized spacial score (nSPS) is 11.7. The lowest BCUT2D eigenvalue weighted by Gasteiger charge is -2.12. The van der Waals surface area contributed by atoms with Crippen molar-refractivity contribution in [3.05, 3.63) is 0 Å². The van der Waals surface area contributed by atoms with E-state index in [9.17, 15) is 19.2 Å². The fraction of sp³-hybridized carbons (Fsp3) is 0.667. The van der Waals surface area contributed by atoms with E-state index in [2.05, 4.69) is 5.32 Å². The fourth-order valence-corrected chi connectivity index (χ4v) is 2.33. The van der Waals surface area contributed by atoms with Gasteiger partial charge in [-0.1, -0.05) is 0 Å². The molecule has 0 aliphatic carbocycles. The van der Waals surface area contributed by atoms with Gasteiger partial charge in [-0.15, -0.1) is 11.8 Å². The zero-order chi connectivity index (χ0) is 14.8. The summed E-state index contributed by atoms with van der Waals surface area (Å²) in [5, 5.41) is 1.91. The molecule has 1 unspecified atom stereocenters. The van der Waals surface area contributed by atoms with Crippen molar-refractivity contribution in [3.63, 3.8) is 0 Å². The molecule has 0 bridgehead atoms. The molecule has 0 aromatic rings. The third-order valence-corrected chi connectivity index (χ3v) is 3.50. The first-order chi connectivity index (χ1) is 8.82. The summed E-state index contributed by atoms with van der Waals surface area (Å²) < 4.78 is 0. The predicted molar refractivity (Wildman–Crippen MR) is 73.7 cm³/mol. The number of thioether (sulfide) groups is 1. The number of carbonyl (C=O) groups excluding carboxylic acids is 4. The van der Waals surface area contributed by atoms with Gasteiger partial charge >= 0.3 is 0 Å². The summed E-state index contributed by atoms with van der Waals surface area (Å²) >= 11 is 1.20. The Labute approximate surface area is 116 Å². The van der Waals surface area contributed by atoms with Crippen LogP contribution in [-0.4, -0.2) is 40.9 Å². The summed E-state index contributed by atoms with van der Waals surface area (Å²) in [5.74, 6) is -0.413. The fourth-order valence-electron chi connectivity index (χ4n) is 1.21. The molecular formula is C12H20N2O4S. The molecule has 1 atom stereocenters. The average Bonchev–Trinajstić information content (AvgIpc) is 2.26. The van der Waals surface area contributed by atoms with Crippen LogP contribution in [-0.2, 0) is 19.2 Å². The maximum absolute atomic E-state index is 11.5. The van der Waals surface area contributed by atoms with Gasteiger partial charge in [-0.05, 0) is 13.8 Å². The third kappa shape index (κ3) is 10.3. The minimum atomic E-state index is -0.642. The van der Waals surface area contributed by atoms with Crippen LogP contribution in [0.25, 0.3) is 0 Å². The lowest BCUT2D eigenvalue weighted by Crippen LogP contribution is -2.34. The van der Waals surface area contributed by atoms with E-state index in [1.54, 1.807) is 0 Å². The number of Topliss-reactive ketones (excluding diaryl/α,β-unsaturated/α-hetero) is 2. The second kappa shape index (κ2) is 9.55. The number of nitrogens with one attached hydrogen (secondary N) is 1. The number of amides is 2. The van der Waals surface area contributed by atoms with Gasteiger partial charge in [-0.25, -0.2) is 0 Å². The smallest absolute Gasteiger partial charge is 0.231 e. The summed E-state index contributed by atoms with van der Waals surface area (Å²) in [4.78, 5) is 44.2. The molecule has 0 heterocycles. The van der Waals surface area contributed by atoms with Crippen molar-refractivity contribution in [2.24, 2.45) is 5.73 Å². The molecular weight excluding hydrogens is 268 g/mol. The van der Waals surface area contributed by atoms with Gasteiger partial charge in [0.15, 0.2) is 0 Å². The summed E-state index contributed by atoms with van der Waals surface area (Å²) in [6.07, 6.45) is 0.584. The van der Waals surface area contributed by atoms with Crippen LogP contribution in [0, 0.1) is 0 Å². The van der Waals surface area contributed by atoms with Crippen LogP contribution in [0.5, 0.6) is 0 Å². The zero-order valence-corrected chi connectivity index (χ0v) is 12.0. The molecule has 0 aromatic heterocycles. The van der Waals surface area contributed by atoms with E-state index in [0.717, 1.165) is 0 Å². The lowest BCUT2D eigenvalue weighted by molar-refractivity contribution is -0.124. The van der Waals surface area contributed by atoms with Gasteiger partial charge in [0.2, 0.25) is 11.8 Å². The number of rotatable bonds is 10. The SMILES string of the molecule is CC(=O)CCNC(=O)CC(SCCC(C)=O)C(N)=O. The standard InChI is InChI=1S/C12H20N2O4S/c1-8(15)3-5-14-11(17)7-10(12(13)18)19-6-4-9(2)16/h10H,3-7H2,1-2H3,(H2,13,18)(H,14,17). The van der Waals surface area contributed by atoms with Crippen LogP contribution in [0.3, 0.4) is 0 Å². The molecule has 3 N–H and O–H groups in total. The molecule has 0 rings (SSSR count). The third-order valence-electron chi connectivity index (χ3n) is 2.26. The Bertz CT molecular complexity index is 358. The van der Waals surface area contributed by atoms with Crippen molar-refractivity contribution in [1.29, 1.82) is 0 Å². The van der Waals surface area contributed by atoms with Crippen molar-refractivity contribution in [1.82, 2.24) is 5.32 Å². The highest BCUT2D eigenvalue weighted by Crippen LogP contribution is 2.15. The second-order valence-electron chi connectivity index (χ2n) is 4.22. The molecule has 0 aliphatic heterocycles. The Hall–Kier alpha value is -1.37. The Morgan fingerprint density at radius 2 is 1.68 bits per heavy atom. The minimum absolute atomic E-state index is 0.0115. The number of ketones is 2. The summed E-state index contributed by atoms with van der Waals surface area (Å²) in [6.45, 7) is 3.17. The maximum Gasteiger partial charge on any atom is 0.231 e.